The molecular formula is C20H22N4O3. The minimum Gasteiger partial charge on any atom is -0.493 e. The molecule has 1 N–H and O–H groups in total. The molecule has 0 radical (unpaired) electrons. The van der Waals surface area contributed by atoms with Crippen LogP contribution in [0, 0.1) is 0 Å². The number of rotatable bonds is 6. The molecule has 0 atom stereocenters. The smallest absolute Gasteiger partial charge is 0.254 e. The topological polar surface area (TPSA) is 78.2 Å². The van der Waals surface area contributed by atoms with Crippen LogP contribution in [0.25, 0.3) is 11.1 Å². The van der Waals surface area contributed by atoms with Crippen molar-refractivity contribution in [2.75, 3.05) is 11.9 Å². The molecule has 0 bridgehead atoms. The van der Waals surface area contributed by atoms with Gasteiger partial charge in [0.1, 0.15) is 5.75 Å². The Labute approximate surface area is 157 Å². The largest absolute Gasteiger partial charge is 0.493 e. The van der Waals surface area contributed by atoms with Gasteiger partial charge in [-0.1, -0.05) is 30.3 Å². The van der Waals surface area contributed by atoms with Gasteiger partial charge in [0.25, 0.3) is 5.56 Å². The Morgan fingerprint density at radius 2 is 1.93 bits per heavy atom. The third-order valence-corrected chi connectivity index (χ3v) is 4.02. The molecule has 3 rings (SSSR count). The third-order valence-electron chi connectivity index (χ3n) is 4.02. The number of hydrogen-bond acceptors (Lipinski definition) is 4. The highest BCUT2D eigenvalue weighted by molar-refractivity contribution is 5.93. The fourth-order valence-electron chi connectivity index (χ4n) is 2.82. The first-order chi connectivity index (χ1) is 13.0. The van der Waals surface area contributed by atoms with Crippen LogP contribution in [0.15, 0.2) is 53.6 Å². The van der Waals surface area contributed by atoms with E-state index in [2.05, 4.69) is 10.4 Å². The van der Waals surface area contributed by atoms with Crippen LogP contribution >= 0.6 is 0 Å². The monoisotopic (exact) mass is 366 g/mol. The van der Waals surface area contributed by atoms with Crippen molar-refractivity contribution in [3.63, 3.8) is 0 Å². The lowest BCUT2D eigenvalue weighted by Gasteiger charge is -2.11. The van der Waals surface area contributed by atoms with Crippen molar-refractivity contribution < 1.29 is 9.53 Å². The van der Waals surface area contributed by atoms with Crippen LogP contribution in [-0.4, -0.2) is 26.9 Å². The maximum Gasteiger partial charge on any atom is 0.254 e. The van der Waals surface area contributed by atoms with Crippen molar-refractivity contribution in [1.29, 1.82) is 0 Å². The van der Waals surface area contributed by atoms with Crippen molar-refractivity contribution in [2.45, 2.75) is 20.4 Å². The van der Waals surface area contributed by atoms with Crippen molar-refractivity contribution >= 4 is 11.7 Å². The van der Waals surface area contributed by atoms with Gasteiger partial charge in [0, 0.05) is 43.6 Å². The number of anilines is 1. The Kier molecular flexibility index (Phi) is 5.40. The SMILES string of the molecule is CCOc1cc(=O)n(C)cc1-c1cn(Cc2ccccc2)nc1NC(C)=O. The maximum absolute atomic E-state index is 12.0. The van der Waals surface area contributed by atoms with Crippen molar-refractivity contribution in [1.82, 2.24) is 14.3 Å². The average molecular weight is 366 g/mol. The summed E-state index contributed by atoms with van der Waals surface area (Å²) in [5.74, 6) is 0.675. The molecule has 0 saturated carbocycles. The van der Waals surface area contributed by atoms with Gasteiger partial charge in [0.2, 0.25) is 5.91 Å². The second-order valence-corrected chi connectivity index (χ2v) is 6.19. The van der Waals surface area contributed by atoms with E-state index in [1.807, 2.05) is 43.5 Å². The molecule has 0 aliphatic heterocycles. The fraction of sp³-hybridized carbons (Fsp3) is 0.250. The molecule has 140 valence electrons. The van der Waals surface area contributed by atoms with Gasteiger partial charge in [0.15, 0.2) is 5.82 Å². The summed E-state index contributed by atoms with van der Waals surface area (Å²) in [6.45, 7) is 4.27. The Morgan fingerprint density at radius 3 is 2.59 bits per heavy atom. The van der Waals surface area contributed by atoms with E-state index in [0.29, 0.717) is 35.8 Å². The predicted octanol–water partition coefficient (Wildman–Crippen LogP) is 2.65. The predicted molar refractivity (Wildman–Crippen MR) is 104 cm³/mol. The normalized spacial score (nSPS) is 10.6. The highest BCUT2D eigenvalue weighted by atomic mass is 16.5. The summed E-state index contributed by atoms with van der Waals surface area (Å²) in [4.78, 5) is 23.6. The number of amides is 1. The summed E-state index contributed by atoms with van der Waals surface area (Å²) >= 11 is 0. The number of aromatic nitrogens is 3. The van der Waals surface area contributed by atoms with Crippen LogP contribution in [0.5, 0.6) is 5.75 Å². The van der Waals surface area contributed by atoms with Crippen LogP contribution in [0.2, 0.25) is 0 Å². The zero-order valence-electron chi connectivity index (χ0n) is 15.6. The van der Waals surface area contributed by atoms with Gasteiger partial charge in [-0.25, -0.2) is 0 Å². The van der Waals surface area contributed by atoms with Crippen LogP contribution in [-0.2, 0) is 18.4 Å². The zero-order valence-corrected chi connectivity index (χ0v) is 15.6. The highest BCUT2D eigenvalue weighted by Crippen LogP contribution is 2.33. The van der Waals surface area contributed by atoms with Crippen molar-refractivity contribution in [3.8, 4) is 16.9 Å². The molecule has 0 spiro atoms. The molecule has 1 aromatic carbocycles. The van der Waals surface area contributed by atoms with Gasteiger partial charge < -0.3 is 14.6 Å². The molecule has 0 aliphatic carbocycles. The maximum atomic E-state index is 12.0. The Bertz CT molecular complexity index is 1010. The standard InChI is InChI=1S/C20H22N4O3/c1-4-27-18-10-19(26)23(3)12-16(18)17-13-24(22-20(17)21-14(2)25)11-15-8-6-5-7-9-15/h5-10,12-13H,4,11H2,1-3H3,(H,21,22,25). The second kappa shape index (κ2) is 7.90. The first-order valence-electron chi connectivity index (χ1n) is 8.70. The number of carbonyl (C=O) groups excluding carboxylic acids is 1. The number of carbonyl (C=O) groups is 1. The van der Waals surface area contributed by atoms with E-state index in [4.69, 9.17) is 4.74 Å². The second-order valence-electron chi connectivity index (χ2n) is 6.19. The third kappa shape index (κ3) is 4.25. The van der Waals surface area contributed by atoms with E-state index in [-0.39, 0.29) is 11.5 Å². The number of hydrogen-bond donors (Lipinski definition) is 1. The molecule has 2 aromatic heterocycles. The average Bonchev–Trinajstić information content (AvgIpc) is 3.00. The minimum atomic E-state index is -0.219. The number of aryl methyl sites for hydroxylation is 1. The lowest BCUT2D eigenvalue weighted by atomic mass is 10.1. The molecule has 0 unspecified atom stereocenters. The summed E-state index contributed by atoms with van der Waals surface area (Å²) in [6.07, 6.45) is 3.54. The zero-order chi connectivity index (χ0) is 19.4. The molecule has 3 aromatic rings. The van der Waals surface area contributed by atoms with Crippen molar-refractivity contribution in [2.24, 2.45) is 7.05 Å². The molecule has 27 heavy (non-hydrogen) atoms. The highest BCUT2D eigenvalue weighted by Gasteiger charge is 2.18. The number of ether oxygens (including phenoxy) is 1. The van der Waals surface area contributed by atoms with E-state index < -0.39 is 0 Å². The van der Waals surface area contributed by atoms with Gasteiger partial charge >= 0.3 is 0 Å². The van der Waals surface area contributed by atoms with E-state index in [1.165, 1.54) is 17.6 Å². The van der Waals surface area contributed by atoms with Gasteiger partial charge in [-0.3, -0.25) is 14.3 Å². The molecule has 0 aliphatic rings. The molecular weight excluding hydrogens is 344 g/mol. The van der Waals surface area contributed by atoms with E-state index in [0.717, 1.165) is 5.56 Å². The number of nitrogens with one attached hydrogen (secondary N) is 1. The number of pyridine rings is 1. The van der Waals surface area contributed by atoms with Gasteiger partial charge in [-0.05, 0) is 12.5 Å². The fourth-order valence-corrected chi connectivity index (χ4v) is 2.82. The van der Waals surface area contributed by atoms with Crippen LogP contribution in [0.1, 0.15) is 19.4 Å². The Balaban J connectivity index is 2.09. The lowest BCUT2D eigenvalue weighted by molar-refractivity contribution is -0.114. The first-order valence-corrected chi connectivity index (χ1v) is 8.70. The van der Waals surface area contributed by atoms with Crippen molar-refractivity contribution in [3.05, 3.63) is 64.7 Å². The van der Waals surface area contributed by atoms with E-state index >= 15 is 0 Å². The molecule has 1 amide bonds. The quantitative estimate of drug-likeness (QED) is 0.727. The van der Waals surface area contributed by atoms with Gasteiger partial charge in [0.05, 0.1) is 13.2 Å². The molecule has 0 fully saturated rings. The van der Waals surface area contributed by atoms with E-state index in [1.54, 1.807) is 17.9 Å². The number of benzene rings is 1. The van der Waals surface area contributed by atoms with E-state index in [9.17, 15) is 9.59 Å². The summed E-state index contributed by atoms with van der Waals surface area (Å²) in [5, 5.41) is 7.28. The first kappa shape index (κ1) is 18.4. The van der Waals surface area contributed by atoms with Crippen LogP contribution < -0.4 is 15.6 Å². The molecule has 7 heteroatoms. The van der Waals surface area contributed by atoms with Crippen LogP contribution in [0.4, 0.5) is 5.82 Å². The van der Waals surface area contributed by atoms with Gasteiger partial charge in [-0.15, -0.1) is 0 Å². The van der Waals surface area contributed by atoms with Crippen LogP contribution in [0.3, 0.4) is 0 Å². The number of nitrogens with zero attached hydrogens (tertiary/aromatic N) is 3. The lowest BCUT2D eigenvalue weighted by Crippen LogP contribution is -2.16. The minimum absolute atomic E-state index is 0.167. The molecule has 2 heterocycles. The Hall–Kier alpha value is -3.35. The summed E-state index contributed by atoms with van der Waals surface area (Å²) < 4.78 is 8.89. The Morgan fingerprint density at radius 1 is 1.19 bits per heavy atom. The van der Waals surface area contributed by atoms with Gasteiger partial charge in [-0.2, -0.15) is 5.10 Å². The summed E-state index contributed by atoms with van der Waals surface area (Å²) in [5.41, 5.74) is 2.31. The molecule has 0 saturated heterocycles. The summed E-state index contributed by atoms with van der Waals surface area (Å²) in [7, 11) is 1.67. The summed E-state index contributed by atoms with van der Waals surface area (Å²) in [6, 6.07) is 11.4. The molecule has 7 nitrogen and oxygen atoms in total.